The van der Waals surface area contributed by atoms with Crippen LogP contribution in [-0.2, 0) is 41.3 Å². The SMILES string of the molecule is C.CC1(C)C(CC(=O)c2ccc(CCCOCCOC3CCCCO3)cc2)C(C)(C)C1Oc1ccc(C#N)c(Cl)c1.CC1(C)C(N)C(C)(C)C1Oc1ccc(C#N)c(Cl)c1.O=C(O)c1ccc(CCCOCCOC2CCCCO2)cc1. The number of aromatic carboxylic acids is 1. The van der Waals surface area contributed by atoms with Crippen molar-refractivity contribution in [2.45, 2.75) is 164 Å². The predicted molar refractivity (Wildman–Crippen MR) is 321 cm³/mol. The topological polar surface area (TPSA) is 202 Å². The number of carbonyl (C=O) groups excluding carboxylic acids is 1. The summed E-state index contributed by atoms with van der Waals surface area (Å²) in [6.07, 6.45) is 10.4. The molecule has 3 N–H and O–H groups in total. The van der Waals surface area contributed by atoms with Gasteiger partial charge in [0, 0.05) is 78.2 Å². The van der Waals surface area contributed by atoms with E-state index in [2.05, 4.69) is 61.5 Å². The van der Waals surface area contributed by atoms with Crippen molar-refractivity contribution >= 4 is 35.0 Å². The number of hydrogen-bond acceptors (Lipinski definition) is 13. The smallest absolute Gasteiger partial charge is 0.335 e. The van der Waals surface area contributed by atoms with Crippen molar-refractivity contribution in [1.82, 2.24) is 0 Å². The molecule has 82 heavy (non-hydrogen) atoms. The first-order valence-electron chi connectivity index (χ1n) is 28.6. The molecule has 2 saturated heterocycles. The minimum atomic E-state index is -0.892. The number of rotatable bonds is 24. The van der Waals surface area contributed by atoms with Crippen molar-refractivity contribution in [1.29, 1.82) is 10.5 Å². The number of nitrogens with zero attached hydrogens (tertiary/aromatic N) is 2. The number of carboxylic acid groups (broad SMARTS) is 1. The number of benzene rings is 4. The molecule has 2 atom stereocenters. The Balaban J connectivity index is 0.000000247. The van der Waals surface area contributed by atoms with Crippen LogP contribution in [-0.4, -0.2) is 101 Å². The van der Waals surface area contributed by atoms with Crippen LogP contribution in [0, 0.1) is 50.2 Å². The lowest BCUT2D eigenvalue weighted by Gasteiger charge is -2.63. The summed E-state index contributed by atoms with van der Waals surface area (Å²) < 4.78 is 46.0. The van der Waals surface area contributed by atoms with Crippen LogP contribution in [0.25, 0.3) is 0 Å². The van der Waals surface area contributed by atoms with E-state index >= 15 is 0 Å². The molecule has 8 rings (SSSR count). The average Bonchev–Trinajstić information content (AvgIpc) is 1.15. The van der Waals surface area contributed by atoms with E-state index < -0.39 is 5.97 Å². The number of ketones is 1. The Morgan fingerprint density at radius 1 is 0.598 bits per heavy atom. The maximum atomic E-state index is 13.3. The second-order valence-electron chi connectivity index (χ2n) is 23.9. The lowest BCUT2D eigenvalue weighted by molar-refractivity contribution is -0.196. The third kappa shape index (κ3) is 18.4. The van der Waals surface area contributed by atoms with E-state index in [4.69, 9.17) is 82.5 Å². The van der Waals surface area contributed by atoms with Gasteiger partial charge in [-0.1, -0.05) is 122 Å². The zero-order valence-corrected chi connectivity index (χ0v) is 50.3. The highest BCUT2D eigenvalue weighted by Gasteiger charge is 2.64. The number of aryl methyl sites for hydroxylation is 2. The number of nitrogens with two attached hydrogens (primary N) is 1. The molecule has 4 aromatic rings. The van der Waals surface area contributed by atoms with Crippen LogP contribution in [0.2, 0.25) is 10.0 Å². The monoisotopic (exact) mass is 1170 g/mol. The highest BCUT2D eigenvalue weighted by atomic mass is 35.5. The fourth-order valence-electron chi connectivity index (χ4n) is 12.2. The van der Waals surface area contributed by atoms with E-state index in [0.717, 1.165) is 75.7 Å². The highest BCUT2D eigenvalue weighted by molar-refractivity contribution is 6.32. The van der Waals surface area contributed by atoms with E-state index in [1.807, 2.05) is 42.5 Å². The first kappa shape index (κ1) is 67.7. The molecule has 0 amide bonds. The zero-order valence-electron chi connectivity index (χ0n) is 48.7. The maximum Gasteiger partial charge on any atom is 0.335 e. The molecule has 0 spiro atoms. The minimum Gasteiger partial charge on any atom is -0.489 e. The molecule has 14 nitrogen and oxygen atoms in total. The molecule has 448 valence electrons. The van der Waals surface area contributed by atoms with Crippen LogP contribution in [0.15, 0.2) is 84.9 Å². The molecule has 2 aliphatic carbocycles. The van der Waals surface area contributed by atoms with Gasteiger partial charge in [0.05, 0.1) is 53.2 Å². The highest BCUT2D eigenvalue weighted by Crippen LogP contribution is 2.62. The van der Waals surface area contributed by atoms with E-state index in [9.17, 15) is 9.59 Å². The van der Waals surface area contributed by atoms with Gasteiger partial charge in [-0.15, -0.1) is 0 Å². The van der Waals surface area contributed by atoms with Gasteiger partial charge < -0.3 is 48.7 Å². The summed E-state index contributed by atoms with van der Waals surface area (Å²) in [5.41, 5.74) is 9.92. The van der Waals surface area contributed by atoms with Gasteiger partial charge in [-0.25, -0.2) is 4.79 Å². The van der Waals surface area contributed by atoms with Gasteiger partial charge in [-0.3, -0.25) is 4.79 Å². The molecule has 16 heteroatoms. The van der Waals surface area contributed by atoms with E-state index in [1.165, 1.54) is 18.4 Å². The molecule has 2 unspecified atom stereocenters. The van der Waals surface area contributed by atoms with Gasteiger partial charge in [-0.2, -0.15) is 10.5 Å². The van der Waals surface area contributed by atoms with Crippen molar-refractivity contribution in [3.63, 3.8) is 0 Å². The Bertz CT molecular complexity index is 2690. The van der Waals surface area contributed by atoms with Crippen molar-refractivity contribution in [3.8, 4) is 23.6 Å². The van der Waals surface area contributed by atoms with Crippen LogP contribution in [0.3, 0.4) is 0 Å². The summed E-state index contributed by atoms with van der Waals surface area (Å²) in [5.74, 6) is 0.752. The first-order chi connectivity index (χ1) is 38.6. The van der Waals surface area contributed by atoms with Gasteiger partial charge in [0.25, 0.3) is 0 Å². The van der Waals surface area contributed by atoms with Crippen LogP contribution in [0.4, 0.5) is 0 Å². The van der Waals surface area contributed by atoms with E-state index in [1.54, 1.807) is 48.5 Å². The van der Waals surface area contributed by atoms with Gasteiger partial charge in [0.2, 0.25) is 0 Å². The summed E-state index contributed by atoms with van der Waals surface area (Å²) in [6.45, 7) is 22.3. The fourth-order valence-corrected chi connectivity index (χ4v) is 12.6. The van der Waals surface area contributed by atoms with Gasteiger partial charge in [0.1, 0.15) is 35.8 Å². The lowest BCUT2D eigenvalue weighted by atomic mass is 9.44. The number of carbonyl (C=O) groups is 2. The largest absolute Gasteiger partial charge is 0.489 e. The second-order valence-corrected chi connectivity index (χ2v) is 24.7. The van der Waals surface area contributed by atoms with Crippen molar-refractivity contribution in [2.75, 3.05) is 52.9 Å². The molecular formula is C66H89Cl2N3O11. The van der Waals surface area contributed by atoms with Gasteiger partial charge in [-0.05, 0) is 118 Å². The number of halogens is 2. The number of hydrogen-bond donors (Lipinski definition) is 2. The molecule has 2 saturated carbocycles. The third-order valence-electron chi connectivity index (χ3n) is 16.4. The summed E-state index contributed by atoms with van der Waals surface area (Å²) in [7, 11) is 0. The Labute approximate surface area is 498 Å². The molecule has 0 bridgehead atoms. The molecule has 4 fully saturated rings. The lowest BCUT2D eigenvalue weighted by Crippen LogP contribution is -2.72. The van der Waals surface area contributed by atoms with Crippen LogP contribution >= 0.6 is 23.2 Å². The van der Waals surface area contributed by atoms with E-state index in [-0.39, 0.29) is 71.6 Å². The first-order valence-corrected chi connectivity index (χ1v) is 29.4. The fraction of sp³-hybridized carbons (Fsp3) is 0.576. The van der Waals surface area contributed by atoms with Gasteiger partial charge >= 0.3 is 5.97 Å². The normalized spacial score (nSPS) is 22.5. The summed E-state index contributed by atoms with van der Waals surface area (Å²) in [5, 5.41) is 27.6. The third-order valence-corrected chi connectivity index (χ3v) is 17.1. The number of ether oxygens (including phenoxy) is 8. The molecule has 0 aromatic heterocycles. The van der Waals surface area contributed by atoms with Crippen LogP contribution < -0.4 is 15.2 Å². The Kier molecular flexibility index (Phi) is 26.2. The average molecular weight is 1170 g/mol. The molecule has 0 radical (unpaired) electrons. The predicted octanol–water partition coefficient (Wildman–Crippen LogP) is 14.3. The van der Waals surface area contributed by atoms with Crippen molar-refractivity contribution < 1.29 is 52.6 Å². The summed E-state index contributed by atoms with van der Waals surface area (Å²) in [6, 6.07) is 29.5. The second kappa shape index (κ2) is 31.7. The summed E-state index contributed by atoms with van der Waals surface area (Å²) >= 11 is 12.2. The molecule has 4 aliphatic rings. The van der Waals surface area contributed by atoms with Gasteiger partial charge in [0.15, 0.2) is 18.4 Å². The summed E-state index contributed by atoms with van der Waals surface area (Å²) in [4.78, 5) is 24.0. The quantitative estimate of drug-likeness (QED) is 0.0495. The zero-order chi connectivity index (χ0) is 58.8. The Morgan fingerprint density at radius 2 is 1.01 bits per heavy atom. The van der Waals surface area contributed by atoms with Crippen molar-refractivity contribution in [2.24, 2.45) is 33.3 Å². The minimum absolute atomic E-state index is 0. The maximum absolute atomic E-state index is 13.3. The van der Waals surface area contributed by atoms with Crippen LogP contribution in [0.5, 0.6) is 11.5 Å². The Morgan fingerprint density at radius 3 is 1.39 bits per heavy atom. The van der Waals surface area contributed by atoms with Crippen molar-refractivity contribution in [3.05, 3.63) is 128 Å². The Hall–Kier alpha value is -5.10. The van der Waals surface area contributed by atoms with E-state index in [0.29, 0.717) is 84.3 Å². The number of Topliss-reactive ketones (excluding diaryl/α,β-unsaturated/α-hetero) is 1. The number of carboxylic acids is 1. The van der Waals surface area contributed by atoms with Crippen LogP contribution in [0.1, 0.15) is 164 Å². The molecule has 4 aromatic carbocycles. The standard InChI is InChI=1S/C33H42ClNO5.C17H24O5.C15H19ClN2O.CH4/c1-32(2)29(33(3,4)31(32)40-26-15-14-25(22-35)27(34)20-26)21-28(36)24-12-10-23(11-13-24)8-7-16-37-18-19-39-30-9-5-6-17-38-30;18-17(19)15-8-6-14(7-9-15)4-3-10-20-12-13-22-16-5-1-2-11-21-16;1-14(2)12(18)15(3,4)13(14)19-10-6-5-9(8-17)11(16)7-10;/h10-15,20,29-31H,5-9,16-19,21H2,1-4H3;6-9,16H,1-5,10-13H2,(H,18,19);5-7,12-13H,18H2,1-4H3;1H4. The molecule has 2 heterocycles. The molecular weight excluding hydrogens is 1080 g/mol. The molecule has 2 aliphatic heterocycles. The number of nitriles is 2.